The smallest absolute Gasteiger partial charge is 0.263 e. The quantitative estimate of drug-likeness (QED) is 0.224. The summed E-state index contributed by atoms with van der Waals surface area (Å²) < 4.78 is 7.16. The van der Waals surface area contributed by atoms with Crippen molar-refractivity contribution >= 4 is 44.9 Å². The van der Waals surface area contributed by atoms with Crippen molar-refractivity contribution in [3.63, 3.8) is 0 Å². The normalized spacial score (nSPS) is 11.3. The number of fused-ring (bicyclic) bond motifs is 1. The van der Waals surface area contributed by atoms with Crippen molar-refractivity contribution in [2.45, 2.75) is 65.6 Å². The van der Waals surface area contributed by atoms with Gasteiger partial charge >= 0.3 is 0 Å². The fraction of sp³-hybridized carbons (Fsp3) is 0.480. The van der Waals surface area contributed by atoms with E-state index in [4.69, 9.17) is 9.72 Å². The van der Waals surface area contributed by atoms with Crippen LogP contribution in [0.3, 0.4) is 0 Å². The van der Waals surface area contributed by atoms with Crippen molar-refractivity contribution < 1.29 is 9.53 Å². The zero-order chi connectivity index (χ0) is 24.0. The molecule has 0 radical (unpaired) electrons. The first-order valence-electron chi connectivity index (χ1n) is 11.5. The van der Waals surface area contributed by atoms with Gasteiger partial charge in [0.15, 0.2) is 5.16 Å². The van der Waals surface area contributed by atoms with E-state index in [0.29, 0.717) is 36.7 Å². The first-order valence-corrected chi connectivity index (χ1v) is 13.3. The molecule has 0 unspecified atom stereocenters. The second-order valence-corrected chi connectivity index (χ2v) is 10.0. The van der Waals surface area contributed by atoms with Crippen LogP contribution in [0.4, 0.5) is 5.69 Å². The number of thiophene rings is 1. The molecule has 0 saturated carbocycles. The van der Waals surface area contributed by atoms with Crippen molar-refractivity contribution in [3.8, 4) is 0 Å². The summed E-state index contributed by atoms with van der Waals surface area (Å²) >= 11 is 2.85. The van der Waals surface area contributed by atoms with Crippen LogP contribution in [0.25, 0.3) is 10.2 Å². The highest BCUT2D eigenvalue weighted by Gasteiger charge is 2.18. The Kier molecular flexibility index (Phi) is 9.11. The number of aromatic nitrogens is 2. The van der Waals surface area contributed by atoms with Crippen molar-refractivity contribution in [2.75, 3.05) is 24.3 Å². The molecule has 0 atom stereocenters. The van der Waals surface area contributed by atoms with Crippen LogP contribution < -0.4 is 10.9 Å². The highest BCUT2D eigenvalue weighted by Crippen LogP contribution is 2.29. The zero-order valence-electron chi connectivity index (χ0n) is 20.1. The first kappa shape index (κ1) is 25.5. The summed E-state index contributed by atoms with van der Waals surface area (Å²) in [5.41, 5.74) is 4.12. The Morgan fingerprint density at radius 1 is 1.18 bits per heavy atom. The monoisotopic (exact) mass is 487 g/mol. The lowest BCUT2D eigenvalue weighted by atomic mass is 10.0. The summed E-state index contributed by atoms with van der Waals surface area (Å²) in [6, 6.07) is 6.14. The number of carbonyl (C=O) groups is 1. The topological polar surface area (TPSA) is 73.2 Å². The first-order chi connectivity index (χ1) is 15.9. The number of thioether (sulfide) groups is 1. The SMILES string of the molecule is CCOCCCn1c(SCC(=O)Nc2c(CC)cccc2CC)nc2sc(C)c(C)c2c1=O. The zero-order valence-corrected chi connectivity index (χ0v) is 21.8. The van der Waals surface area contributed by atoms with Gasteiger partial charge in [0.05, 0.1) is 11.1 Å². The molecule has 1 N–H and O–H groups in total. The molecule has 1 aromatic carbocycles. The fourth-order valence-corrected chi connectivity index (χ4v) is 5.69. The second-order valence-electron chi connectivity index (χ2n) is 7.86. The average molecular weight is 488 g/mol. The number of benzene rings is 1. The third-order valence-electron chi connectivity index (χ3n) is 5.72. The van der Waals surface area contributed by atoms with Crippen LogP contribution in [0, 0.1) is 13.8 Å². The molecule has 0 saturated heterocycles. The maximum Gasteiger partial charge on any atom is 0.263 e. The van der Waals surface area contributed by atoms with Crippen LogP contribution in [-0.2, 0) is 28.9 Å². The lowest BCUT2D eigenvalue weighted by Gasteiger charge is -2.15. The Bertz CT molecular complexity index is 1160. The Morgan fingerprint density at radius 2 is 1.88 bits per heavy atom. The summed E-state index contributed by atoms with van der Waals surface area (Å²) in [7, 11) is 0. The molecule has 3 rings (SSSR count). The van der Waals surface area contributed by atoms with Gasteiger partial charge in [-0.3, -0.25) is 14.2 Å². The summed E-state index contributed by atoms with van der Waals surface area (Å²) in [6.45, 7) is 11.9. The van der Waals surface area contributed by atoms with Gasteiger partial charge in [0.25, 0.3) is 5.56 Å². The van der Waals surface area contributed by atoms with Crippen LogP contribution in [0.2, 0.25) is 0 Å². The number of hydrogen-bond donors (Lipinski definition) is 1. The van der Waals surface area contributed by atoms with Gasteiger partial charge in [0.2, 0.25) is 5.91 Å². The van der Waals surface area contributed by atoms with Crippen LogP contribution >= 0.6 is 23.1 Å². The Balaban J connectivity index is 1.84. The van der Waals surface area contributed by atoms with E-state index < -0.39 is 0 Å². The molecule has 2 aromatic heterocycles. The summed E-state index contributed by atoms with van der Waals surface area (Å²) in [5.74, 6) is 0.0952. The summed E-state index contributed by atoms with van der Waals surface area (Å²) in [6.07, 6.45) is 2.42. The number of amides is 1. The van der Waals surface area contributed by atoms with Gasteiger partial charge in [-0.15, -0.1) is 11.3 Å². The molecule has 3 aromatic rings. The van der Waals surface area contributed by atoms with E-state index in [-0.39, 0.29) is 17.2 Å². The number of rotatable bonds is 11. The standard InChI is InChI=1S/C25H33N3O3S2/c1-6-18-11-9-12-19(7-2)22(18)26-20(29)15-32-25-27-23-21(16(4)17(5)33-23)24(30)28(25)13-10-14-31-8-3/h9,11-12H,6-8,10,13-15H2,1-5H3,(H,26,29). The van der Waals surface area contributed by atoms with E-state index in [1.807, 2.05) is 26.8 Å². The highest BCUT2D eigenvalue weighted by atomic mass is 32.2. The Hall–Kier alpha value is -2.16. The van der Waals surface area contributed by atoms with Gasteiger partial charge < -0.3 is 10.1 Å². The number of hydrogen-bond acceptors (Lipinski definition) is 6. The minimum absolute atomic E-state index is 0.0362. The number of ether oxygens (including phenoxy) is 1. The van der Waals surface area contributed by atoms with Gasteiger partial charge in [-0.1, -0.05) is 43.8 Å². The van der Waals surface area contributed by atoms with Crippen LogP contribution in [-0.4, -0.2) is 34.4 Å². The lowest BCUT2D eigenvalue weighted by Crippen LogP contribution is -2.25. The number of aryl methyl sites for hydroxylation is 4. The largest absolute Gasteiger partial charge is 0.382 e. The van der Waals surface area contributed by atoms with E-state index in [9.17, 15) is 9.59 Å². The fourth-order valence-electron chi connectivity index (χ4n) is 3.79. The number of carbonyl (C=O) groups excluding carboxylic acids is 1. The third-order valence-corrected chi connectivity index (χ3v) is 7.80. The lowest BCUT2D eigenvalue weighted by molar-refractivity contribution is -0.113. The van der Waals surface area contributed by atoms with Crippen molar-refractivity contribution in [1.29, 1.82) is 0 Å². The minimum Gasteiger partial charge on any atom is -0.382 e. The molecule has 0 bridgehead atoms. The van der Waals surface area contributed by atoms with Crippen molar-refractivity contribution in [2.24, 2.45) is 0 Å². The molecular formula is C25H33N3O3S2. The second kappa shape index (κ2) is 11.8. The molecule has 0 spiro atoms. The molecule has 0 aliphatic rings. The molecule has 0 aliphatic heterocycles. The predicted molar refractivity (Wildman–Crippen MR) is 139 cm³/mol. The summed E-state index contributed by atoms with van der Waals surface area (Å²) in [4.78, 5) is 32.8. The van der Waals surface area contributed by atoms with E-state index in [1.54, 1.807) is 4.57 Å². The van der Waals surface area contributed by atoms with E-state index >= 15 is 0 Å². The number of anilines is 1. The maximum absolute atomic E-state index is 13.3. The molecule has 6 nitrogen and oxygen atoms in total. The molecule has 1 amide bonds. The number of nitrogens with one attached hydrogen (secondary N) is 1. The van der Waals surface area contributed by atoms with Gasteiger partial charge in [0.1, 0.15) is 4.83 Å². The van der Waals surface area contributed by atoms with Crippen LogP contribution in [0.15, 0.2) is 28.2 Å². The Morgan fingerprint density at radius 3 is 2.52 bits per heavy atom. The van der Waals surface area contributed by atoms with Crippen LogP contribution in [0.5, 0.6) is 0 Å². The summed E-state index contributed by atoms with van der Waals surface area (Å²) in [5, 5.41) is 4.37. The van der Waals surface area contributed by atoms with Gasteiger partial charge in [-0.25, -0.2) is 4.98 Å². The average Bonchev–Trinajstić information content (AvgIpc) is 3.10. The van der Waals surface area contributed by atoms with E-state index in [0.717, 1.165) is 44.9 Å². The minimum atomic E-state index is -0.0932. The van der Waals surface area contributed by atoms with Gasteiger partial charge in [-0.2, -0.15) is 0 Å². The molecule has 0 fully saturated rings. The van der Waals surface area contributed by atoms with E-state index in [2.05, 4.69) is 31.3 Å². The molecule has 8 heteroatoms. The van der Waals surface area contributed by atoms with Crippen molar-refractivity contribution in [3.05, 3.63) is 50.1 Å². The number of nitrogens with zero attached hydrogens (tertiary/aromatic N) is 2. The highest BCUT2D eigenvalue weighted by molar-refractivity contribution is 7.99. The molecule has 2 heterocycles. The maximum atomic E-state index is 13.3. The van der Waals surface area contributed by atoms with Gasteiger partial charge in [0, 0.05) is 30.3 Å². The Labute approximate surface area is 203 Å². The van der Waals surface area contributed by atoms with Crippen LogP contribution in [0.1, 0.15) is 48.8 Å². The molecular weight excluding hydrogens is 454 g/mol. The van der Waals surface area contributed by atoms with Crippen molar-refractivity contribution in [1.82, 2.24) is 9.55 Å². The third kappa shape index (κ3) is 5.86. The van der Waals surface area contributed by atoms with E-state index in [1.165, 1.54) is 23.1 Å². The predicted octanol–water partition coefficient (Wildman–Crippen LogP) is 5.36. The molecule has 33 heavy (non-hydrogen) atoms. The molecule has 0 aliphatic carbocycles. The number of para-hydroxylation sites is 1. The van der Waals surface area contributed by atoms with Gasteiger partial charge in [-0.05, 0) is 56.7 Å². The molecule has 178 valence electrons.